The fourth-order valence-electron chi connectivity index (χ4n) is 1.99. The molecule has 0 unspecified atom stereocenters. The van der Waals surface area contributed by atoms with E-state index in [0.29, 0.717) is 23.3 Å². The number of nitrogens with one attached hydrogen (secondary N) is 1. The largest absolute Gasteiger partial charge is 0.481 e. The Morgan fingerprint density at radius 3 is 3.00 bits per heavy atom. The van der Waals surface area contributed by atoms with Gasteiger partial charge in [-0.2, -0.15) is 4.98 Å². The molecule has 0 aliphatic carbocycles. The molecule has 0 aliphatic rings. The number of carboxylic acids is 1. The van der Waals surface area contributed by atoms with Crippen LogP contribution in [0.4, 0.5) is 11.8 Å². The Hall–Kier alpha value is -2.44. The monoisotopic (exact) mass is 275 g/mol. The van der Waals surface area contributed by atoms with Gasteiger partial charge in [-0.3, -0.25) is 9.78 Å². The second-order valence-electron chi connectivity index (χ2n) is 4.51. The summed E-state index contributed by atoms with van der Waals surface area (Å²) in [5, 5.41) is 12.2. The predicted molar refractivity (Wildman–Crippen MR) is 76.3 cm³/mol. The van der Waals surface area contributed by atoms with Crippen LogP contribution in [0, 0.1) is 5.92 Å². The Labute approximate surface area is 116 Å². The standard InChI is InChI=1S/C13H17N5O2/c1-2-4-8(12(19)20)7-16-11-10-9(5-3-6-15-10)17-13(14)18-11/h3,5-6,8H,2,4,7H2,1H3,(H,19,20)(H3,14,16,17,18)/t8-/m0/s1. The molecular formula is C13H17N5O2. The Balaban J connectivity index is 2.22. The number of nitrogens with zero attached hydrogens (tertiary/aromatic N) is 3. The lowest BCUT2D eigenvalue weighted by atomic mass is 10.0. The van der Waals surface area contributed by atoms with Crippen LogP contribution in [0.3, 0.4) is 0 Å². The molecule has 7 heteroatoms. The molecule has 1 atom stereocenters. The van der Waals surface area contributed by atoms with Crippen LogP contribution in [0.15, 0.2) is 18.3 Å². The van der Waals surface area contributed by atoms with E-state index in [-0.39, 0.29) is 12.5 Å². The Bertz CT molecular complexity index is 617. The molecule has 2 heterocycles. The number of hydrogen-bond donors (Lipinski definition) is 3. The highest BCUT2D eigenvalue weighted by Gasteiger charge is 2.17. The van der Waals surface area contributed by atoms with Crippen molar-refractivity contribution >= 4 is 28.8 Å². The van der Waals surface area contributed by atoms with Crippen molar-refractivity contribution in [3.8, 4) is 0 Å². The maximum Gasteiger partial charge on any atom is 0.308 e. The third-order valence-electron chi connectivity index (χ3n) is 2.97. The van der Waals surface area contributed by atoms with Crippen LogP contribution in [0.2, 0.25) is 0 Å². The number of aliphatic carboxylic acids is 1. The SMILES string of the molecule is CCC[C@@H](CNc1nc(N)nc2cccnc12)C(=O)O. The van der Waals surface area contributed by atoms with Crippen molar-refractivity contribution in [3.63, 3.8) is 0 Å². The van der Waals surface area contributed by atoms with Crippen molar-refractivity contribution in [2.75, 3.05) is 17.6 Å². The molecule has 2 aromatic heterocycles. The van der Waals surface area contributed by atoms with Crippen LogP contribution in [0.25, 0.3) is 11.0 Å². The summed E-state index contributed by atoms with van der Waals surface area (Å²) in [6, 6.07) is 3.54. The van der Waals surface area contributed by atoms with Gasteiger partial charge in [0.1, 0.15) is 5.52 Å². The van der Waals surface area contributed by atoms with E-state index in [0.717, 1.165) is 6.42 Å². The average molecular weight is 275 g/mol. The summed E-state index contributed by atoms with van der Waals surface area (Å²) in [6.45, 7) is 2.24. The normalized spacial score (nSPS) is 12.2. The summed E-state index contributed by atoms with van der Waals surface area (Å²) in [5.74, 6) is -0.681. The van der Waals surface area contributed by atoms with Crippen molar-refractivity contribution in [1.29, 1.82) is 0 Å². The summed E-state index contributed by atoms with van der Waals surface area (Å²) in [6.07, 6.45) is 3.05. The highest BCUT2D eigenvalue weighted by molar-refractivity contribution is 5.86. The molecule has 0 amide bonds. The number of fused-ring (bicyclic) bond motifs is 1. The van der Waals surface area contributed by atoms with Gasteiger partial charge >= 0.3 is 5.97 Å². The zero-order valence-electron chi connectivity index (χ0n) is 11.2. The lowest BCUT2D eigenvalue weighted by Crippen LogP contribution is -2.23. The molecule has 0 radical (unpaired) electrons. The molecule has 0 saturated carbocycles. The van der Waals surface area contributed by atoms with E-state index in [2.05, 4.69) is 20.3 Å². The first-order valence-electron chi connectivity index (χ1n) is 6.46. The number of aromatic nitrogens is 3. The first-order chi connectivity index (χ1) is 9.61. The minimum Gasteiger partial charge on any atom is -0.481 e. The number of nitrogen functional groups attached to an aromatic ring is 1. The molecule has 0 aliphatic heterocycles. The van der Waals surface area contributed by atoms with Crippen molar-refractivity contribution in [2.45, 2.75) is 19.8 Å². The molecular weight excluding hydrogens is 258 g/mol. The predicted octanol–water partition coefficient (Wildman–Crippen LogP) is 1.52. The first kappa shape index (κ1) is 14.0. The van der Waals surface area contributed by atoms with Crippen molar-refractivity contribution in [3.05, 3.63) is 18.3 Å². The summed E-state index contributed by atoms with van der Waals surface area (Å²) in [4.78, 5) is 23.5. The number of hydrogen-bond acceptors (Lipinski definition) is 6. The lowest BCUT2D eigenvalue weighted by Gasteiger charge is -2.13. The Morgan fingerprint density at radius 1 is 1.50 bits per heavy atom. The maximum absolute atomic E-state index is 11.1. The van der Waals surface area contributed by atoms with Crippen LogP contribution in [0.5, 0.6) is 0 Å². The third kappa shape index (κ3) is 3.11. The summed E-state index contributed by atoms with van der Waals surface area (Å²) in [5.41, 5.74) is 6.86. The van der Waals surface area contributed by atoms with Crippen molar-refractivity contribution < 1.29 is 9.90 Å². The van der Waals surface area contributed by atoms with Gasteiger partial charge in [-0.1, -0.05) is 13.3 Å². The number of nitrogens with two attached hydrogens (primary N) is 1. The Kier molecular flexibility index (Phi) is 4.29. The molecule has 20 heavy (non-hydrogen) atoms. The fourth-order valence-corrected chi connectivity index (χ4v) is 1.99. The zero-order valence-corrected chi connectivity index (χ0v) is 11.2. The average Bonchev–Trinajstić information content (AvgIpc) is 2.42. The van der Waals surface area contributed by atoms with E-state index < -0.39 is 11.9 Å². The third-order valence-corrected chi connectivity index (χ3v) is 2.97. The molecule has 0 spiro atoms. The fraction of sp³-hybridized carbons (Fsp3) is 0.385. The molecule has 0 saturated heterocycles. The summed E-state index contributed by atoms with van der Waals surface area (Å²) in [7, 11) is 0. The molecule has 2 aromatic rings. The van der Waals surface area contributed by atoms with E-state index >= 15 is 0 Å². The molecule has 0 bridgehead atoms. The molecule has 106 valence electrons. The lowest BCUT2D eigenvalue weighted by molar-refractivity contribution is -0.141. The number of rotatable bonds is 6. The van der Waals surface area contributed by atoms with Crippen molar-refractivity contribution in [1.82, 2.24) is 15.0 Å². The highest BCUT2D eigenvalue weighted by Crippen LogP contribution is 2.19. The number of carbonyl (C=O) groups is 1. The minimum atomic E-state index is -0.821. The van der Waals surface area contributed by atoms with Crippen molar-refractivity contribution in [2.24, 2.45) is 5.92 Å². The van der Waals surface area contributed by atoms with Crippen LogP contribution in [0.1, 0.15) is 19.8 Å². The topological polar surface area (TPSA) is 114 Å². The van der Waals surface area contributed by atoms with Gasteiger partial charge in [-0.05, 0) is 18.6 Å². The molecule has 4 N–H and O–H groups in total. The van der Waals surface area contributed by atoms with E-state index in [9.17, 15) is 4.79 Å². The van der Waals surface area contributed by atoms with Gasteiger partial charge in [-0.25, -0.2) is 4.98 Å². The van der Waals surface area contributed by atoms with Gasteiger partial charge in [0.2, 0.25) is 5.95 Å². The maximum atomic E-state index is 11.1. The second-order valence-corrected chi connectivity index (χ2v) is 4.51. The summed E-state index contributed by atoms with van der Waals surface area (Å²) >= 11 is 0. The first-order valence-corrected chi connectivity index (χ1v) is 6.46. The van der Waals surface area contributed by atoms with E-state index in [1.807, 2.05) is 6.92 Å². The molecule has 0 fully saturated rings. The van der Waals surface area contributed by atoms with Crippen LogP contribution >= 0.6 is 0 Å². The number of anilines is 2. The quantitative estimate of drug-likeness (QED) is 0.732. The van der Waals surface area contributed by atoms with Gasteiger partial charge in [0, 0.05) is 12.7 Å². The second kappa shape index (κ2) is 6.14. The van der Waals surface area contributed by atoms with E-state index in [4.69, 9.17) is 10.8 Å². The van der Waals surface area contributed by atoms with Gasteiger partial charge in [0.05, 0.1) is 11.4 Å². The minimum absolute atomic E-state index is 0.135. The Morgan fingerprint density at radius 2 is 2.30 bits per heavy atom. The highest BCUT2D eigenvalue weighted by atomic mass is 16.4. The van der Waals surface area contributed by atoms with E-state index in [1.165, 1.54) is 0 Å². The van der Waals surface area contributed by atoms with Gasteiger partial charge in [0.25, 0.3) is 0 Å². The molecule has 2 rings (SSSR count). The van der Waals surface area contributed by atoms with Crippen LogP contribution in [-0.4, -0.2) is 32.6 Å². The van der Waals surface area contributed by atoms with Gasteiger partial charge in [0.15, 0.2) is 5.82 Å². The van der Waals surface area contributed by atoms with E-state index in [1.54, 1.807) is 18.3 Å². The summed E-state index contributed by atoms with van der Waals surface area (Å²) < 4.78 is 0. The smallest absolute Gasteiger partial charge is 0.308 e. The zero-order chi connectivity index (χ0) is 14.5. The molecule has 0 aromatic carbocycles. The number of pyridine rings is 1. The number of carboxylic acid groups (broad SMARTS) is 1. The van der Waals surface area contributed by atoms with Crippen LogP contribution < -0.4 is 11.1 Å². The van der Waals surface area contributed by atoms with Gasteiger partial charge < -0.3 is 16.2 Å². The van der Waals surface area contributed by atoms with Crippen LogP contribution in [-0.2, 0) is 4.79 Å². The molecule has 7 nitrogen and oxygen atoms in total. The van der Waals surface area contributed by atoms with Gasteiger partial charge in [-0.15, -0.1) is 0 Å².